The SMILES string of the molecule is CC(Oc1ccc(Cl)cc1)C(=O)N(CC(=O)O)C1CC1. The van der Waals surface area contributed by atoms with Gasteiger partial charge < -0.3 is 14.7 Å². The average molecular weight is 298 g/mol. The first-order chi connectivity index (χ1) is 9.47. The van der Waals surface area contributed by atoms with Crippen LogP contribution in [0.3, 0.4) is 0 Å². The number of amides is 1. The zero-order chi connectivity index (χ0) is 14.7. The molecular formula is C14H16ClNO4. The molecule has 1 fully saturated rings. The summed E-state index contributed by atoms with van der Waals surface area (Å²) in [4.78, 5) is 24.4. The van der Waals surface area contributed by atoms with Gasteiger partial charge in [-0.25, -0.2) is 0 Å². The molecule has 0 saturated heterocycles. The molecule has 0 aliphatic heterocycles. The van der Waals surface area contributed by atoms with Gasteiger partial charge in [-0.2, -0.15) is 0 Å². The van der Waals surface area contributed by atoms with E-state index < -0.39 is 12.1 Å². The second kappa shape index (κ2) is 6.13. The van der Waals surface area contributed by atoms with E-state index in [1.807, 2.05) is 0 Å². The first kappa shape index (κ1) is 14.7. The Bertz CT molecular complexity index is 498. The van der Waals surface area contributed by atoms with Crippen LogP contribution in [0.5, 0.6) is 5.75 Å². The number of carbonyl (C=O) groups is 2. The van der Waals surface area contributed by atoms with E-state index in [0.29, 0.717) is 10.8 Å². The molecule has 1 amide bonds. The molecule has 1 aromatic carbocycles. The number of hydrogen-bond donors (Lipinski definition) is 1. The van der Waals surface area contributed by atoms with Gasteiger partial charge in [0.25, 0.3) is 5.91 Å². The van der Waals surface area contributed by atoms with E-state index in [4.69, 9.17) is 21.4 Å². The van der Waals surface area contributed by atoms with Gasteiger partial charge in [-0.05, 0) is 44.0 Å². The molecule has 0 aromatic heterocycles. The molecule has 0 radical (unpaired) electrons. The summed E-state index contributed by atoms with van der Waals surface area (Å²) in [7, 11) is 0. The van der Waals surface area contributed by atoms with Crippen molar-refractivity contribution in [1.82, 2.24) is 4.90 Å². The second-order valence-corrected chi connectivity index (χ2v) is 5.24. The van der Waals surface area contributed by atoms with E-state index in [1.165, 1.54) is 4.90 Å². The summed E-state index contributed by atoms with van der Waals surface area (Å²) >= 11 is 5.77. The standard InChI is InChI=1S/C14H16ClNO4/c1-9(20-12-6-2-10(15)3-7-12)14(19)16(8-13(17)18)11-4-5-11/h2-3,6-7,9,11H,4-5,8H2,1H3,(H,17,18). The number of carboxylic acids is 1. The summed E-state index contributed by atoms with van der Waals surface area (Å²) in [6.45, 7) is 1.34. The van der Waals surface area contributed by atoms with Crippen molar-refractivity contribution in [3.63, 3.8) is 0 Å². The van der Waals surface area contributed by atoms with Crippen LogP contribution in [0.15, 0.2) is 24.3 Å². The maximum absolute atomic E-state index is 12.2. The highest BCUT2D eigenvalue weighted by atomic mass is 35.5. The molecule has 1 aliphatic carbocycles. The van der Waals surface area contributed by atoms with Crippen molar-refractivity contribution in [2.75, 3.05) is 6.54 Å². The highest BCUT2D eigenvalue weighted by Gasteiger charge is 2.36. The molecule has 1 aliphatic rings. The van der Waals surface area contributed by atoms with Gasteiger partial charge in [0, 0.05) is 11.1 Å². The number of nitrogens with zero attached hydrogens (tertiary/aromatic N) is 1. The predicted octanol–water partition coefficient (Wildman–Crippen LogP) is 2.18. The molecule has 0 spiro atoms. The number of rotatable bonds is 6. The monoisotopic (exact) mass is 297 g/mol. The first-order valence-corrected chi connectivity index (χ1v) is 6.79. The number of halogens is 1. The number of aliphatic carboxylic acids is 1. The number of carbonyl (C=O) groups excluding carboxylic acids is 1. The van der Waals surface area contributed by atoms with Crippen molar-refractivity contribution < 1.29 is 19.4 Å². The number of hydrogen-bond acceptors (Lipinski definition) is 3. The summed E-state index contributed by atoms with van der Waals surface area (Å²) in [5.41, 5.74) is 0. The van der Waals surface area contributed by atoms with Crippen molar-refractivity contribution in [3.05, 3.63) is 29.3 Å². The third kappa shape index (κ3) is 3.87. The summed E-state index contributed by atoms with van der Waals surface area (Å²) in [5, 5.41) is 9.45. The van der Waals surface area contributed by atoms with Crippen molar-refractivity contribution in [2.24, 2.45) is 0 Å². The molecule has 20 heavy (non-hydrogen) atoms. The minimum atomic E-state index is -1.01. The van der Waals surface area contributed by atoms with Gasteiger partial charge in [0.2, 0.25) is 0 Å². The number of carboxylic acid groups (broad SMARTS) is 1. The van der Waals surface area contributed by atoms with Crippen LogP contribution in [0.2, 0.25) is 5.02 Å². The fourth-order valence-corrected chi connectivity index (χ4v) is 2.05. The van der Waals surface area contributed by atoms with Crippen LogP contribution >= 0.6 is 11.6 Å². The van der Waals surface area contributed by atoms with Crippen LogP contribution in [-0.4, -0.2) is 40.6 Å². The maximum atomic E-state index is 12.2. The van der Waals surface area contributed by atoms with Crippen molar-refractivity contribution in [3.8, 4) is 5.75 Å². The van der Waals surface area contributed by atoms with Crippen molar-refractivity contribution in [1.29, 1.82) is 0 Å². The third-order valence-corrected chi connectivity index (χ3v) is 3.30. The molecule has 1 aromatic rings. The molecule has 1 saturated carbocycles. The van der Waals surface area contributed by atoms with Gasteiger partial charge in [-0.1, -0.05) is 11.6 Å². The van der Waals surface area contributed by atoms with Crippen molar-refractivity contribution in [2.45, 2.75) is 31.9 Å². The lowest BCUT2D eigenvalue weighted by molar-refractivity contribution is -0.148. The van der Waals surface area contributed by atoms with E-state index in [1.54, 1.807) is 31.2 Å². The van der Waals surface area contributed by atoms with Gasteiger partial charge in [0.1, 0.15) is 12.3 Å². The summed E-state index contributed by atoms with van der Waals surface area (Å²) in [6, 6.07) is 6.72. The van der Waals surface area contributed by atoms with Gasteiger partial charge in [0.05, 0.1) is 0 Å². The van der Waals surface area contributed by atoms with Crippen molar-refractivity contribution >= 4 is 23.5 Å². The largest absolute Gasteiger partial charge is 0.481 e. The zero-order valence-electron chi connectivity index (χ0n) is 11.1. The minimum absolute atomic E-state index is 0.0369. The molecule has 5 nitrogen and oxygen atoms in total. The Morgan fingerprint density at radius 1 is 1.40 bits per heavy atom. The number of ether oxygens (including phenoxy) is 1. The van der Waals surface area contributed by atoms with Crippen LogP contribution in [0.1, 0.15) is 19.8 Å². The molecule has 2 rings (SSSR count). The molecule has 1 atom stereocenters. The molecule has 1 unspecified atom stereocenters. The lowest BCUT2D eigenvalue weighted by atomic mass is 10.3. The maximum Gasteiger partial charge on any atom is 0.323 e. The van der Waals surface area contributed by atoms with Crippen LogP contribution in [-0.2, 0) is 9.59 Å². The van der Waals surface area contributed by atoms with Crippen LogP contribution in [0.4, 0.5) is 0 Å². The summed E-state index contributed by atoms with van der Waals surface area (Å²) < 4.78 is 5.53. The summed E-state index contributed by atoms with van der Waals surface area (Å²) in [5.74, 6) is -0.782. The Morgan fingerprint density at radius 3 is 2.50 bits per heavy atom. The second-order valence-electron chi connectivity index (χ2n) is 4.81. The Labute approximate surface area is 122 Å². The molecule has 0 bridgehead atoms. The highest BCUT2D eigenvalue weighted by Crippen LogP contribution is 2.27. The Hall–Kier alpha value is -1.75. The van der Waals surface area contributed by atoms with E-state index in [0.717, 1.165) is 12.8 Å². The van der Waals surface area contributed by atoms with Gasteiger partial charge >= 0.3 is 5.97 Å². The molecule has 6 heteroatoms. The Morgan fingerprint density at radius 2 is 2.00 bits per heavy atom. The predicted molar refractivity (Wildman–Crippen MR) is 73.9 cm³/mol. The molecule has 0 heterocycles. The Kier molecular flexibility index (Phi) is 4.49. The topological polar surface area (TPSA) is 66.8 Å². The van der Waals surface area contributed by atoms with E-state index >= 15 is 0 Å². The quantitative estimate of drug-likeness (QED) is 0.874. The fourth-order valence-electron chi connectivity index (χ4n) is 1.92. The lowest BCUT2D eigenvalue weighted by Gasteiger charge is -2.24. The Balaban J connectivity index is 1.99. The van der Waals surface area contributed by atoms with Gasteiger partial charge in [-0.15, -0.1) is 0 Å². The number of benzene rings is 1. The smallest absolute Gasteiger partial charge is 0.323 e. The van der Waals surface area contributed by atoms with Crippen LogP contribution in [0.25, 0.3) is 0 Å². The van der Waals surface area contributed by atoms with E-state index in [-0.39, 0.29) is 18.5 Å². The lowest BCUT2D eigenvalue weighted by Crippen LogP contribution is -2.44. The zero-order valence-corrected chi connectivity index (χ0v) is 11.8. The summed E-state index contributed by atoms with van der Waals surface area (Å²) in [6.07, 6.45) is 0.982. The molecule has 108 valence electrons. The van der Waals surface area contributed by atoms with E-state index in [9.17, 15) is 9.59 Å². The van der Waals surface area contributed by atoms with Crippen LogP contribution in [0, 0.1) is 0 Å². The van der Waals surface area contributed by atoms with Crippen LogP contribution < -0.4 is 4.74 Å². The van der Waals surface area contributed by atoms with E-state index in [2.05, 4.69) is 0 Å². The van der Waals surface area contributed by atoms with Gasteiger partial charge in [-0.3, -0.25) is 9.59 Å². The molecule has 1 N–H and O–H groups in total. The normalized spacial score (nSPS) is 15.5. The first-order valence-electron chi connectivity index (χ1n) is 6.42. The van der Waals surface area contributed by atoms with Gasteiger partial charge in [0.15, 0.2) is 6.10 Å². The molecular weight excluding hydrogens is 282 g/mol. The average Bonchev–Trinajstić information content (AvgIpc) is 3.22. The fraction of sp³-hybridized carbons (Fsp3) is 0.429. The minimum Gasteiger partial charge on any atom is -0.481 e. The highest BCUT2D eigenvalue weighted by molar-refractivity contribution is 6.30. The third-order valence-electron chi connectivity index (χ3n) is 3.05.